The molecule has 1 aliphatic heterocycles. The molecule has 10 heteroatoms. The Morgan fingerprint density at radius 2 is 1.86 bits per heavy atom. The summed E-state index contributed by atoms with van der Waals surface area (Å²) in [6.45, 7) is 4.23. The Kier molecular flexibility index (Phi) is 10.3. The third-order valence-corrected chi connectivity index (χ3v) is 8.95. The molecule has 2 aromatic carbocycles. The minimum atomic E-state index is -0.0875. The molecular weight excluding hydrogens is 547 g/mol. The van der Waals surface area contributed by atoms with Crippen molar-refractivity contribution in [2.75, 3.05) is 24.2 Å². The van der Waals surface area contributed by atoms with E-state index in [4.69, 9.17) is 28.2 Å². The fourth-order valence-electron chi connectivity index (χ4n) is 4.21. The summed E-state index contributed by atoms with van der Waals surface area (Å²) in [5.41, 5.74) is 3.86. The highest BCUT2D eigenvalue weighted by molar-refractivity contribution is 8.01. The van der Waals surface area contributed by atoms with E-state index in [0.29, 0.717) is 16.5 Å². The van der Waals surface area contributed by atoms with Crippen molar-refractivity contribution < 1.29 is 9.59 Å². The van der Waals surface area contributed by atoms with Gasteiger partial charge in [0, 0.05) is 61.4 Å². The number of nitrogens with one attached hydrogen (secondary N) is 2. The van der Waals surface area contributed by atoms with Crippen molar-refractivity contribution in [3.05, 3.63) is 63.5 Å². The van der Waals surface area contributed by atoms with E-state index < -0.39 is 0 Å². The first-order valence-electron chi connectivity index (χ1n) is 12.3. The minimum Gasteiger partial charge on any atom is -0.353 e. The maximum atomic E-state index is 12.4. The van der Waals surface area contributed by atoms with Crippen LogP contribution in [-0.2, 0) is 16.1 Å². The average molecular weight is 578 g/mol. The van der Waals surface area contributed by atoms with E-state index in [1.54, 1.807) is 23.1 Å². The van der Waals surface area contributed by atoms with Crippen molar-refractivity contribution in [3.8, 4) is 11.3 Å². The number of hydrogen-bond acceptors (Lipinski definition) is 6. The molecule has 1 aromatic heterocycles. The molecule has 0 saturated carbocycles. The van der Waals surface area contributed by atoms with E-state index in [1.165, 1.54) is 6.92 Å². The lowest BCUT2D eigenvalue weighted by atomic mass is 10.0. The lowest BCUT2D eigenvalue weighted by Gasteiger charge is -2.32. The third-order valence-electron chi connectivity index (χ3n) is 6.10. The number of thiazole rings is 1. The maximum absolute atomic E-state index is 12.4. The van der Waals surface area contributed by atoms with Crippen molar-refractivity contribution in [3.63, 3.8) is 0 Å². The molecule has 6 nitrogen and oxygen atoms in total. The molecule has 0 aliphatic carbocycles. The van der Waals surface area contributed by atoms with E-state index in [2.05, 4.69) is 15.5 Å². The fraction of sp³-hybridized carbons (Fsp3) is 0.370. The molecule has 1 aliphatic rings. The summed E-state index contributed by atoms with van der Waals surface area (Å²) < 4.78 is 0.996. The molecule has 196 valence electrons. The van der Waals surface area contributed by atoms with Gasteiger partial charge in [0.05, 0.1) is 15.7 Å². The standard InChI is InChI=1S/C27H30Cl2N4O2S2/c1-18(34)30-21-7-5-20(6-8-21)25-17-37-27(32-25)36-14-2-3-26(35)31-22-10-12-33(13-11-22)16-19-4-9-23(28)24(29)15-19/h4-9,15,17,22H,2-3,10-14,16H2,1H3,(H,30,34)(H,31,35). The van der Waals surface area contributed by atoms with Gasteiger partial charge in [-0.1, -0.05) is 53.2 Å². The molecule has 0 bridgehead atoms. The maximum Gasteiger partial charge on any atom is 0.221 e. The van der Waals surface area contributed by atoms with E-state index in [9.17, 15) is 9.59 Å². The monoisotopic (exact) mass is 576 g/mol. The number of anilines is 1. The summed E-state index contributed by atoms with van der Waals surface area (Å²) >= 11 is 15.4. The quantitative estimate of drug-likeness (QED) is 0.207. The van der Waals surface area contributed by atoms with Crippen LogP contribution in [0.5, 0.6) is 0 Å². The van der Waals surface area contributed by atoms with Crippen LogP contribution >= 0.6 is 46.3 Å². The van der Waals surface area contributed by atoms with E-state index >= 15 is 0 Å². The molecule has 0 unspecified atom stereocenters. The van der Waals surface area contributed by atoms with Crippen LogP contribution in [-0.4, -0.2) is 46.6 Å². The van der Waals surface area contributed by atoms with Crippen molar-refractivity contribution in [1.29, 1.82) is 0 Å². The average Bonchev–Trinajstić information content (AvgIpc) is 3.34. The number of amides is 2. The minimum absolute atomic E-state index is 0.0875. The van der Waals surface area contributed by atoms with Gasteiger partial charge in [-0.2, -0.15) is 0 Å². The Labute approximate surface area is 236 Å². The Balaban J connectivity index is 1.12. The first-order chi connectivity index (χ1) is 17.9. The van der Waals surface area contributed by atoms with Crippen LogP contribution < -0.4 is 10.6 Å². The van der Waals surface area contributed by atoms with Gasteiger partial charge in [-0.3, -0.25) is 14.5 Å². The summed E-state index contributed by atoms with van der Waals surface area (Å²) in [5.74, 6) is 0.891. The predicted octanol–water partition coefficient (Wildman–Crippen LogP) is 6.73. The lowest BCUT2D eigenvalue weighted by molar-refractivity contribution is -0.122. The zero-order valence-electron chi connectivity index (χ0n) is 20.6. The molecular formula is C27H30Cl2N4O2S2. The van der Waals surface area contributed by atoms with Crippen LogP contribution in [0, 0.1) is 0 Å². The molecule has 2 heterocycles. The zero-order valence-corrected chi connectivity index (χ0v) is 23.8. The third kappa shape index (κ3) is 8.72. The van der Waals surface area contributed by atoms with Crippen molar-refractivity contribution in [1.82, 2.24) is 15.2 Å². The SMILES string of the molecule is CC(=O)Nc1ccc(-c2csc(SCCCC(=O)NC3CCN(Cc4ccc(Cl)c(Cl)c4)CC3)n2)cc1. The Bertz CT molecular complexity index is 1210. The molecule has 4 rings (SSSR count). The van der Waals surface area contributed by atoms with Gasteiger partial charge in [0.15, 0.2) is 4.34 Å². The van der Waals surface area contributed by atoms with Gasteiger partial charge in [0.2, 0.25) is 11.8 Å². The number of carbonyl (C=O) groups excluding carboxylic acids is 2. The molecule has 37 heavy (non-hydrogen) atoms. The first kappa shape index (κ1) is 27.9. The highest BCUT2D eigenvalue weighted by atomic mass is 35.5. The number of piperidine rings is 1. The fourth-order valence-corrected chi connectivity index (χ4v) is 6.37. The van der Waals surface area contributed by atoms with E-state index in [1.807, 2.05) is 47.8 Å². The Morgan fingerprint density at radius 3 is 2.57 bits per heavy atom. The molecule has 0 radical (unpaired) electrons. The van der Waals surface area contributed by atoms with Crippen molar-refractivity contribution >= 4 is 63.8 Å². The number of hydrogen-bond donors (Lipinski definition) is 2. The van der Waals surface area contributed by atoms with Gasteiger partial charge >= 0.3 is 0 Å². The number of carbonyl (C=O) groups is 2. The number of benzene rings is 2. The number of thioether (sulfide) groups is 1. The second-order valence-electron chi connectivity index (χ2n) is 9.08. The van der Waals surface area contributed by atoms with Crippen LogP contribution in [0.15, 0.2) is 52.2 Å². The molecule has 1 saturated heterocycles. The van der Waals surface area contributed by atoms with Gasteiger partial charge in [-0.15, -0.1) is 11.3 Å². The van der Waals surface area contributed by atoms with Gasteiger partial charge in [-0.05, 0) is 49.1 Å². The highest BCUT2D eigenvalue weighted by Crippen LogP contribution is 2.29. The summed E-state index contributed by atoms with van der Waals surface area (Å²) in [7, 11) is 0. The molecule has 2 N–H and O–H groups in total. The van der Waals surface area contributed by atoms with Crippen LogP contribution in [0.4, 0.5) is 5.69 Å². The second kappa shape index (κ2) is 13.6. The van der Waals surface area contributed by atoms with E-state index in [0.717, 1.165) is 71.5 Å². The molecule has 3 aromatic rings. The summed E-state index contributed by atoms with van der Waals surface area (Å²) in [6.07, 6.45) is 3.25. The van der Waals surface area contributed by atoms with Crippen LogP contribution in [0.3, 0.4) is 0 Å². The number of nitrogens with zero attached hydrogens (tertiary/aromatic N) is 2. The first-order valence-corrected chi connectivity index (χ1v) is 14.9. The van der Waals surface area contributed by atoms with Gasteiger partial charge in [0.25, 0.3) is 0 Å². The summed E-state index contributed by atoms with van der Waals surface area (Å²) in [5, 5.41) is 9.18. The second-order valence-corrected chi connectivity index (χ2v) is 12.1. The number of halogens is 2. The van der Waals surface area contributed by atoms with Crippen molar-refractivity contribution in [2.24, 2.45) is 0 Å². The van der Waals surface area contributed by atoms with Crippen molar-refractivity contribution in [2.45, 2.75) is 49.5 Å². The topological polar surface area (TPSA) is 74.3 Å². The van der Waals surface area contributed by atoms with Crippen LogP contribution in [0.2, 0.25) is 10.0 Å². The highest BCUT2D eigenvalue weighted by Gasteiger charge is 2.21. The predicted molar refractivity (Wildman–Crippen MR) is 155 cm³/mol. The smallest absolute Gasteiger partial charge is 0.221 e. The molecule has 0 atom stereocenters. The summed E-state index contributed by atoms with van der Waals surface area (Å²) in [6, 6.07) is 13.7. The van der Waals surface area contributed by atoms with Gasteiger partial charge < -0.3 is 10.6 Å². The lowest BCUT2D eigenvalue weighted by Crippen LogP contribution is -2.44. The van der Waals surface area contributed by atoms with Crippen LogP contribution in [0.1, 0.15) is 38.2 Å². The number of rotatable bonds is 10. The number of aromatic nitrogens is 1. The molecule has 2 amide bonds. The number of likely N-dealkylation sites (tertiary alicyclic amines) is 1. The van der Waals surface area contributed by atoms with Crippen LogP contribution in [0.25, 0.3) is 11.3 Å². The van der Waals surface area contributed by atoms with E-state index in [-0.39, 0.29) is 17.9 Å². The summed E-state index contributed by atoms with van der Waals surface area (Å²) in [4.78, 5) is 30.7. The molecule has 1 fully saturated rings. The largest absolute Gasteiger partial charge is 0.353 e. The van der Waals surface area contributed by atoms with Gasteiger partial charge in [-0.25, -0.2) is 4.98 Å². The normalized spacial score (nSPS) is 14.5. The zero-order chi connectivity index (χ0) is 26.2. The van der Waals surface area contributed by atoms with Gasteiger partial charge in [0.1, 0.15) is 0 Å². The Hall–Kier alpha value is -2.10. The Morgan fingerprint density at radius 1 is 1.11 bits per heavy atom. The molecule has 0 spiro atoms.